The highest BCUT2D eigenvalue weighted by Crippen LogP contribution is 2.46. The molecule has 0 aromatic heterocycles. The second kappa shape index (κ2) is 5.38. The molecule has 1 unspecified atom stereocenters. The Morgan fingerprint density at radius 1 is 1.30 bits per heavy atom. The van der Waals surface area contributed by atoms with Gasteiger partial charge in [0.1, 0.15) is 0 Å². The van der Waals surface area contributed by atoms with Crippen LogP contribution in [-0.2, 0) is 9.53 Å². The number of halogens is 1. The molecule has 108 valence electrons. The first-order chi connectivity index (χ1) is 9.61. The highest BCUT2D eigenvalue weighted by molar-refractivity contribution is 6.30. The lowest BCUT2D eigenvalue weighted by Gasteiger charge is -2.41. The van der Waals surface area contributed by atoms with Crippen LogP contribution in [0.25, 0.3) is 0 Å². The predicted octanol–water partition coefficient (Wildman–Crippen LogP) is 3.08. The highest BCUT2D eigenvalue weighted by Gasteiger charge is 2.49. The van der Waals surface area contributed by atoms with Crippen molar-refractivity contribution in [2.75, 3.05) is 14.2 Å². The summed E-state index contributed by atoms with van der Waals surface area (Å²) in [6, 6.07) is 8.81. The van der Waals surface area contributed by atoms with Crippen LogP contribution in [0.5, 0.6) is 0 Å². The molecule has 2 aliphatic heterocycles. The fourth-order valence-corrected chi connectivity index (χ4v) is 4.10. The summed E-state index contributed by atoms with van der Waals surface area (Å²) < 4.78 is 5.07. The van der Waals surface area contributed by atoms with E-state index in [0.29, 0.717) is 12.1 Å². The molecule has 2 fully saturated rings. The van der Waals surface area contributed by atoms with Gasteiger partial charge < -0.3 is 4.74 Å². The number of hydrogen-bond acceptors (Lipinski definition) is 3. The molecule has 0 saturated carbocycles. The molecule has 0 N–H and O–H groups in total. The zero-order chi connectivity index (χ0) is 14.3. The SMILES string of the molecule is COC(=O)[C@H]1[C@H](c2ccc(Cl)cc2)CC2CC[C@@H]1N2C. The van der Waals surface area contributed by atoms with E-state index in [9.17, 15) is 4.79 Å². The van der Waals surface area contributed by atoms with E-state index in [0.717, 1.165) is 17.9 Å². The van der Waals surface area contributed by atoms with Crippen LogP contribution < -0.4 is 0 Å². The number of benzene rings is 1. The standard InChI is InChI=1S/C16H20ClNO2/c1-18-12-7-8-14(18)15(16(19)20-2)13(9-12)10-3-5-11(17)6-4-10/h3-6,12-15H,7-9H2,1-2H3/t12?,13-,14-,15-/m0/s1. The number of esters is 1. The van der Waals surface area contributed by atoms with E-state index in [1.807, 2.05) is 24.3 Å². The van der Waals surface area contributed by atoms with Crippen molar-refractivity contribution < 1.29 is 9.53 Å². The first-order valence-electron chi connectivity index (χ1n) is 7.17. The van der Waals surface area contributed by atoms with Crippen LogP contribution in [0.3, 0.4) is 0 Å². The number of fused-ring (bicyclic) bond motifs is 2. The molecule has 4 heteroatoms. The minimum Gasteiger partial charge on any atom is -0.469 e. The van der Waals surface area contributed by atoms with Crippen molar-refractivity contribution in [3.63, 3.8) is 0 Å². The molecule has 2 saturated heterocycles. The molecular formula is C16H20ClNO2. The van der Waals surface area contributed by atoms with Crippen LogP contribution in [0.2, 0.25) is 5.02 Å². The molecule has 2 bridgehead atoms. The second-order valence-electron chi connectivity index (χ2n) is 5.91. The van der Waals surface area contributed by atoms with Gasteiger partial charge in [-0.25, -0.2) is 0 Å². The van der Waals surface area contributed by atoms with E-state index in [4.69, 9.17) is 16.3 Å². The van der Waals surface area contributed by atoms with Crippen LogP contribution in [0.4, 0.5) is 0 Å². The minimum absolute atomic E-state index is 0.0649. The summed E-state index contributed by atoms with van der Waals surface area (Å²) in [6.07, 6.45) is 3.29. The van der Waals surface area contributed by atoms with Gasteiger partial charge in [0.05, 0.1) is 13.0 Å². The van der Waals surface area contributed by atoms with Crippen LogP contribution in [0.15, 0.2) is 24.3 Å². The third-order valence-corrected chi connectivity index (χ3v) is 5.29. The van der Waals surface area contributed by atoms with Crippen molar-refractivity contribution in [1.82, 2.24) is 4.90 Å². The van der Waals surface area contributed by atoms with Gasteiger partial charge in [-0.15, -0.1) is 0 Å². The first kappa shape index (κ1) is 13.9. The maximum Gasteiger partial charge on any atom is 0.310 e. The van der Waals surface area contributed by atoms with Gasteiger partial charge in [-0.05, 0) is 44.0 Å². The van der Waals surface area contributed by atoms with Gasteiger partial charge in [0, 0.05) is 23.0 Å². The summed E-state index contributed by atoms with van der Waals surface area (Å²) in [5.74, 6) is 0.0977. The summed E-state index contributed by atoms with van der Waals surface area (Å²) in [7, 11) is 3.62. The van der Waals surface area contributed by atoms with Crippen molar-refractivity contribution in [2.45, 2.75) is 37.3 Å². The molecule has 20 heavy (non-hydrogen) atoms. The Hall–Kier alpha value is -1.06. The topological polar surface area (TPSA) is 29.5 Å². The van der Waals surface area contributed by atoms with Crippen molar-refractivity contribution in [3.05, 3.63) is 34.9 Å². The number of nitrogens with zero attached hydrogens (tertiary/aromatic N) is 1. The fourth-order valence-electron chi connectivity index (χ4n) is 3.98. The molecule has 3 rings (SSSR count). The monoisotopic (exact) mass is 293 g/mol. The molecule has 0 aliphatic carbocycles. The summed E-state index contributed by atoms with van der Waals surface area (Å²) in [6.45, 7) is 0. The van der Waals surface area contributed by atoms with E-state index < -0.39 is 0 Å². The number of carbonyl (C=O) groups excluding carboxylic acids is 1. The normalized spacial score (nSPS) is 33.1. The van der Waals surface area contributed by atoms with Gasteiger partial charge in [0.2, 0.25) is 0 Å². The van der Waals surface area contributed by atoms with Gasteiger partial charge in [-0.1, -0.05) is 23.7 Å². The highest BCUT2D eigenvalue weighted by atomic mass is 35.5. The smallest absolute Gasteiger partial charge is 0.310 e. The van der Waals surface area contributed by atoms with Crippen LogP contribution in [0, 0.1) is 5.92 Å². The summed E-state index contributed by atoms with van der Waals surface area (Å²) in [5, 5.41) is 0.735. The molecule has 2 heterocycles. The largest absolute Gasteiger partial charge is 0.469 e. The summed E-state index contributed by atoms with van der Waals surface area (Å²) >= 11 is 5.97. The molecule has 4 atom stereocenters. The van der Waals surface area contributed by atoms with Crippen LogP contribution in [0.1, 0.15) is 30.7 Å². The zero-order valence-electron chi connectivity index (χ0n) is 11.9. The van der Waals surface area contributed by atoms with E-state index >= 15 is 0 Å². The maximum atomic E-state index is 12.3. The summed E-state index contributed by atoms with van der Waals surface area (Å²) in [4.78, 5) is 14.6. The average molecular weight is 294 g/mol. The lowest BCUT2D eigenvalue weighted by molar-refractivity contribution is -0.150. The number of piperidine rings is 1. The molecule has 2 aliphatic rings. The van der Waals surface area contributed by atoms with Gasteiger partial charge in [-0.2, -0.15) is 0 Å². The second-order valence-corrected chi connectivity index (χ2v) is 6.34. The minimum atomic E-state index is -0.0813. The maximum absolute atomic E-state index is 12.3. The number of ether oxygens (including phenoxy) is 1. The average Bonchev–Trinajstić information content (AvgIpc) is 2.70. The lowest BCUT2D eigenvalue weighted by atomic mass is 9.76. The first-order valence-corrected chi connectivity index (χ1v) is 7.55. The Kier molecular flexibility index (Phi) is 3.74. The van der Waals surface area contributed by atoms with Gasteiger partial charge in [0.25, 0.3) is 0 Å². The molecule has 3 nitrogen and oxygen atoms in total. The van der Waals surface area contributed by atoms with Gasteiger partial charge >= 0.3 is 5.97 Å². The van der Waals surface area contributed by atoms with Crippen molar-refractivity contribution in [1.29, 1.82) is 0 Å². The van der Waals surface area contributed by atoms with Crippen molar-refractivity contribution in [2.24, 2.45) is 5.92 Å². The van der Waals surface area contributed by atoms with E-state index in [2.05, 4.69) is 11.9 Å². The van der Waals surface area contributed by atoms with Crippen LogP contribution >= 0.6 is 11.6 Å². The molecular weight excluding hydrogens is 274 g/mol. The Balaban J connectivity index is 1.95. The quantitative estimate of drug-likeness (QED) is 0.785. The Morgan fingerprint density at radius 3 is 2.65 bits per heavy atom. The van der Waals surface area contributed by atoms with Crippen molar-refractivity contribution in [3.8, 4) is 0 Å². The van der Waals surface area contributed by atoms with Gasteiger partial charge in [0.15, 0.2) is 0 Å². The van der Waals surface area contributed by atoms with E-state index in [1.54, 1.807) is 0 Å². The molecule has 0 spiro atoms. The number of methoxy groups -OCH3 is 1. The predicted molar refractivity (Wildman–Crippen MR) is 78.9 cm³/mol. The van der Waals surface area contributed by atoms with E-state index in [1.165, 1.54) is 19.1 Å². The lowest BCUT2D eigenvalue weighted by Crippen LogP contribution is -2.49. The van der Waals surface area contributed by atoms with Crippen LogP contribution in [-0.4, -0.2) is 37.1 Å². The van der Waals surface area contributed by atoms with Gasteiger partial charge in [-0.3, -0.25) is 9.69 Å². The van der Waals surface area contributed by atoms with Crippen molar-refractivity contribution >= 4 is 17.6 Å². The van der Waals surface area contributed by atoms with E-state index in [-0.39, 0.29) is 17.8 Å². The third kappa shape index (κ3) is 2.23. The molecule has 1 aromatic carbocycles. The molecule has 0 radical (unpaired) electrons. The number of rotatable bonds is 2. The third-order valence-electron chi connectivity index (χ3n) is 5.04. The summed E-state index contributed by atoms with van der Waals surface area (Å²) in [5.41, 5.74) is 1.20. The number of carbonyl (C=O) groups is 1. The Bertz CT molecular complexity index is 502. The number of hydrogen-bond donors (Lipinski definition) is 0. The Morgan fingerprint density at radius 2 is 2.00 bits per heavy atom. The molecule has 1 aromatic rings. The zero-order valence-corrected chi connectivity index (χ0v) is 12.6. The fraction of sp³-hybridized carbons (Fsp3) is 0.562. The Labute approximate surface area is 124 Å². The molecule has 0 amide bonds.